The number of hydrogen-bond acceptors (Lipinski definition) is 4. The second-order valence-corrected chi connectivity index (χ2v) is 6.98. The van der Waals surface area contributed by atoms with Gasteiger partial charge in [-0.25, -0.2) is 17.2 Å². The van der Waals surface area contributed by atoms with E-state index in [2.05, 4.69) is 4.98 Å². The first-order valence-electron chi connectivity index (χ1n) is 5.86. The summed E-state index contributed by atoms with van der Waals surface area (Å²) in [5.74, 6) is -7.25. The van der Waals surface area contributed by atoms with Gasteiger partial charge >= 0.3 is 5.97 Å². The number of carbonyl (C=O) groups is 1. The molecule has 1 aliphatic rings. The molecule has 1 atom stereocenters. The van der Waals surface area contributed by atoms with Crippen LogP contribution in [0.4, 0.5) is 8.78 Å². The van der Waals surface area contributed by atoms with Crippen molar-refractivity contribution in [1.29, 1.82) is 0 Å². The summed E-state index contributed by atoms with van der Waals surface area (Å²) in [5.41, 5.74) is 0. The van der Waals surface area contributed by atoms with Gasteiger partial charge in [0.2, 0.25) is 10.0 Å². The zero-order valence-electron chi connectivity index (χ0n) is 10.5. The molecule has 0 radical (unpaired) electrons. The lowest BCUT2D eigenvalue weighted by Crippen LogP contribution is -2.52. The maximum absolute atomic E-state index is 13.5. The summed E-state index contributed by atoms with van der Waals surface area (Å²) in [6.07, 6.45) is 1.41. The quantitative estimate of drug-likeness (QED) is 0.900. The van der Waals surface area contributed by atoms with Gasteiger partial charge in [-0.1, -0.05) is 11.6 Å². The average molecular weight is 341 g/mol. The third-order valence-electron chi connectivity index (χ3n) is 3.21. The summed E-state index contributed by atoms with van der Waals surface area (Å²) in [6.45, 7) is -1.26. The van der Waals surface area contributed by atoms with Crippen LogP contribution in [-0.4, -0.2) is 47.8 Å². The van der Waals surface area contributed by atoms with Crippen LogP contribution in [0.3, 0.4) is 0 Å². The van der Waals surface area contributed by atoms with Gasteiger partial charge in [0.25, 0.3) is 5.92 Å². The van der Waals surface area contributed by atoms with Crippen molar-refractivity contribution < 1.29 is 27.1 Å². The fourth-order valence-electron chi connectivity index (χ4n) is 2.04. The van der Waals surface area contributed by atoms with Crippen LogP contribution in [0.1, 0.15) is 6.42 Å². The lowest BCUT2D eigenvalue weighted by Gasteiger charge is -2.35. The highest BCUT2D eigenvalue weighted by Gasteiger charge is 2.50. The predicted octanol–water partition coefficient (Wildman–Crippen LogP) is 1.47. The van der Waals surface area contributed by atoms with Crippen LogP contribution >= 0.6 is 11.6 Å². The normalized spacial score (nSPS) is 22.9. The third-order valence-corrected chi connectivity index (χ3v) is 5.24. The molecule has 1 saturated heterocycles. The van der Waals surface area contributed by atoms with Gasteiger partial charge < -0.3 is 5.11 Å². The number of alkyl halides is 2. The maximum atomic E-state index is 13.5. The first-order valence-corrected chi connectivity index (χ1v) is 7.68. The van der Waals surface area contributed by atoms with E-state index in [-0.39, 0.29) is 9.92 Å². The van der Waals surface area contributed by atoms with Crippen molar-refractivity contribution in [3.8, 4) is 0 Å². The Labute approximate surface area is 124 Å². The first-order chi connectivity index (χ1) is 9.64. The van der Waals surface area contributed by atoms with E-state index >= 15 is 0 Å². The highest BCUT2D eigenvalue weighted by Crippen LogP contribution is 2.35. The largest absolute Gasteiger partial charge is 0.481 e. The van der Waals surface area contributed by atoms with Gasteiger partial charge in [0, 0.05) is 31.9 Å². The number of halogens is 3. The molecular formula is C11H11ClF2N2O4S. The highest BCUT2D eigenvalue weighted by atomic mass is 35.5. The molecule has 1 aromatic rings. The van der Waals surface area contributed by atoms with Gasteiger partial charge in [-0.3, -0.25) is 9.78 Å². The van der Waals surface area contributed by atoms with Crippen LogP contribution in [0.5, 0.6) is 0 Å². The van der Waals surface area contributed by atoms with Crippen LogP contribution in [0.2, 0.25) is 5.02 Å². The summed E-state index contributed by atoms with van der Waals surface area (Å²) < 4.78 is 52.4. The molecule has 1 N–H and O–H groups in total. The molecule has 1 unspecified atom stereocenters. The Morgan fingerprint density at radius 3 is 2.71 bits per heavy atom. The zero-order valence-corrected chi connectivity index (χ0v) is 12.1. The van der Waals surface area contributed by atoms with Crippen molar-refractivity contribution >= 4 is 27.6 Å². The Morgan fingerprint density at radius 1 is 1.48 bits per heavy atom. The molecule has 6 nitrogen and oxygen atoms in total. The molecule has 0 spiro atoms. The van der Waals surface area contributed by atoms with Crippen molar-refractivity contribution in [2.45, 2.75) is 17.2 Å². The lowest BCUT2D eigenvalue weighted by atomic mass is 9.95. The fraction of sp³-hybridized carbons (Fsp3) is 0.455. The van der Waals surface area contributed by atoms with Crippen molar-refractivity contribution in [3.05, 3.63) is 23.5 Å². The van der Waals surface area contributed by atoms with E-state index in [1.54, 1.807) is 0 Å². The summed E-state index contributed by atoms with van der Waals surface area (Å²) in [4.78, 5) is 14.3. The smallest absolute Gasteiger partial charge is 0.313 e. The molecule has 21 heavy (non-hydrogen) atoms. The molecule has 2 heterocycles. The number of aromatic nitrogens is 1. The number of piperidine rings is 1. The van der Waals surface area contributed by atoms with Gasteiger partial charge in [0.15, 0.2) is 0 Å². The molecule has 1 aromatic heterocycles. The second-order valence-electron chi connectivity index (χ2n) is 4.60. The number of rotatable bonds is 3. The molecule has 2 rings (SSSR count). The van der Waals surface area contributed by atoms with Gasteiger partial charge in [0.05, 0.1) is 5.02 Å². The SMILES string of the molecule is O=C(O)C1CN(S(=O)(=O)c2cncc(Cl)c2)CCC1(F)F. The van der Waals surface area contributed by atoms with Crippen molar-refractivity contribution in [2.75, 3.05) is 13.1 Å². The second kappa shape index (κ2) is 5.47. The molecule has 1 fully saturated rings. The van der Waals surface area contributed by atoms with E-state index in [9.17, 15) is 22.0 Å². The number of aliphatic carboxylic acids is 1. The number of pyridine rings is 1. The molecule has 0 saturated carbocycles. The van der Waals surface area contributed by atoms with Gasteiger partial charge in [-0.2, -0.15) is 4.31 Å². The Morgan fingerprint density at radius 2 is 2.14 bits per heavy atom. The van der Waals surface area contributed by atoms with Crippen LogP contribution in [0, 0.1) is 5.92 Å². The molecular weight excluding hydrogens is 330 g/mol. The van der Waals surface area contributed by atoms with E-state index in [0.29, 0.717) is 0 Å². The number of carboxylic acid groups (broad SMARTS) is 1. The Hall–Kier alpha value is -1.32. The first kappa shape index (κ1) is 16.1. The van der Waals surface area contributed by atoms with E-state index in [0.717, 1.165) is 16.6 Å². The average Bonchev–Trinajstić information content (AvgIpc) is 2.37. The molecule has 10 heteroatoms. The molecule has 0 amide bonds. The van der Waals surface area contributed by atoms with Gasteiger partial charge in [0.1, 0.15) is 10.8 Å². The summed E-state index contributed by atoms with van der Waals surface area (Å²) >= 11 is 5.65. The summed E-state index contributed by atoms with van der Waals surface area (Å²) in [6, 6.07) is 1.13. The van der Waals surface area contributed by atoms with Crippen LogP contribution in [0.25, 0.3) is 0 Å². The number of carboxylic acids is 1. The van der Waals surface area contributed by atoms with Crippen LogP contribution in [0.15, 0.2) is 23.4 Å². The molecule has 116 valence electrons. The lowest BCUT2D eigenvalue weighted by molar-refractivity contribution is -0.163. The summed E-state index contributed by atoms with van der Waals surface area (Å²) in [5, 5.41) is 8.91. The third kappa shape index (κ3) is 3.14. The minimum absolute atomic E-state index is 0.0770. The zero-order chi connectivity index (χ0) is 15.8. The Balaban J connectivity index is 2.32. The topological polar surface area (TPSA) is 87.6 Å². The molecule has 0 aromatic carbocycles. The van der Waals surface area contributed by atoms with Crippen molar-refractivity contribution in [2.24, 2.45) is 5.92 Å². The van der Waals surface area contributed by atoms with E-state index in [1.165, 1.54) is 6.20 Å². The minimum atomic E-state index is -4.11. The van der Waals surface area contributed by atoms with E-state index in [4.69, 9.17) is 16.7 Å². The fourth-order valence-corrected chi connectivity index (χ4v) is 3.72. The van der Waals surface area contributed by atoms with Gasteiger partial charge in [-0.05, 0) is 6.07 Å². The Kier molecular flexibility index (Phi) is 4.18. The number of sulfonamides is 1. The molecule has 1 aliphatic heterocycles. The van der Waals surface area contributed by atoms with Gasteiger partial charge in [-0.15, -0.1) is 0 Å². The number of nitrogens with zero attached hydrogens (tertiary/aromatic N) is 2. The maximum Gasteiger partial charge on any atom is 0.313 e. The Bertz CT molecular complexity index is 668. The summed E-state index contributed by atoms with van der Waals surface area (Å²) in [7, 11) is -4.11. The number of hydrogen-bond donors (Lipinski definition) is 1. The van der Waals surface area contributed by atoms with Crippen molar-refractivity contribution in [3.63, 3.8) is 0 Å². The van der Waals surface area contributed by atoms with E-state index < -0.39 is 47.3 Å². The van der Waals surface area contributed by atoms with Crippen LogP contribution in [-0.2, 0) is 14.8 Å². The standard InChI is InChI=1S/C11H11ClF2N2O4S/c12-7-3-8(5-15-4-7)21(19,20)16-2-1-11(13,14)9(6-16)10(17)18/h3-5,9H,1-2,6H2,(H,17,18). The monoisotopic (exact) mass is 340 g/mol. The minimum Gasteiger partial charge on any atom is -0.481 e. The van der Waals surface area contributed by atoms with Crippen molar-refractivity contribution in [1.82, 2.24) is 9.29 Å². The van der Waals surface area contributed by atoms with Crippen LogP contribution < -0.4 is 0 Å². The highest BCUT2D eigenvalue weighted by molar-refractivity contribution is 7.89. The van der Waals surface area contributed by atoms with E-state index in [1.807, 2.05) is 0 Å². The predicted molar refractivity (Wildman–Crippen MR) is 68.7 cm³/mol. The molecule has 0 bridgehead atoms. The molecule has 0 aliphatic carbocycles.